The van der Waals surface area contributed by atoms with E-state index >= 15 is 0 Å². The zero-order valence-corrected chi connectivity index (χ0v) is 11.8. The average Bonchev–Trinajstić information content (AvgIpc) is 2.66. The van der Waals surface area contributed by atoms with Crippen molar-refractivity contribution in [2.24, 2.45) is 0 Å². The minimum Gasteiger partial charge on any atom is -0.450 e. The number of hydrogen-bond acceptors (Lipinski definition) is 4. The first-order chi connectivity index (χ1) is 9.20. The van der Waals surface area contributed by atoms with Gasteiger partial charge < -0.3 is 9.64 Å². The lowest BCUT2D eigenvalue weighted by atomic mass is 10.0. The number of carbonyl (C=O) groups is 2. The predicted molar refractivity (Wildman–Crippen MR) is 72.0 cm³/mol. The second kappa shape index (κ2) is 6.89. The minimum absolute atomic E-state index is 0.183. The van der Waals surface area contributed by atoms with Gasteiger partial charge in [-0.1, -0.05) is 0 Å². The Kier molecular flexibility index (Phi) is 5.19. The van der Waals surface area contributed by atoms with Crippen molar-refractivity contribution in [3.63, 3.8) is 0 Å². The smallest absolute Gasteiger partial charge is 0.409 e. The van der Waals surface area contributed by atoms with Crippen LogP contribution < -0.4 is 0 Å². The number of piperidine rings is 1. The summed E-state index contributed by atoms with van der Waals surface area (Å²) in [5.74, 6) is 0.387. The summed E-state index contributed by atoms with van der Waals surface area (Å²) in [4.78, 5) is 27.2. The Hall–Kier alpha value is -1.10. The molecular weight excluding hydrogens is 244 g/mol. The summed E-state index contributed by atoms with van der Waals surface area (Å²) < 4.78 is 5.06. The van der Waals surface area contributed by atoms with E-state index in [4.69, 9.17) is 4.74 Å². The van der Waals surface area contributed by atoms with E-state index in [-0.39, 0.29) is 6.09 Å². The summed E-state index contributed by atoms with van der Waals surface area (Å²) in [6.45, 7) is 5.62. The minimum atomic E-state index is -0.183. The van der Waals surface area contributed by atoms with E-state index in [1.165, 1.54) is 0 Å². The van der Waals surface area contributed by atoms with Crippen LogP contribution in [-0.4, -0.2) is 60.5 Å². The van der Waals surface area contributed by atoms with Gasteiger partial charge in [0.25, 0.3) is 0 Å². The van der Waals surface area contributed by atoms with Crippen LogP contribution in [0.4, 0.5) is 4.79 Å². The molecule has 0 aliphatic carbocycles. The van der Waals surface area contributed by atoms with E-state index in [0.29, 0.717) is 31.3 Å². The SMILES string of the molecule is CCOC(=O)N1CCCC(N2CCC(=O)CC2)CC1. The van der Waals surface area contributed by atoms with E-state index in [1.807, 2.05) is 11.8 Å². The van der Waals surface area contributed by atoms with Gasteiger partial charge in [-0.25, -0.2) is 4.79 Å². The first-order valence-corrected chi connectivity index (χ1v) is 7.38. The van der Waals surface area contributed by atoms with Crippen LogP contribution in [0.5, 0.6) is 0 Å². The number of Topliss-reactive ketones (excluding diaryl/α,β-unsaturated/α-hetero) is 1. The molecule has 0 N–H and O–H groups in total. The maximum atomic E-state index is 11.7. The molecule has 2 fully saturated rings. The highest BCUT2D eigenvalue weighted by molar-refractivity contribution is 5.79. The molecule has 0 saturated carbocycles. The lowest BCUT2D eigenvalue weighted by Crippen LogP contribution is -2.42. The normalized spacial score (nSPS) is 26.1. The number of carbonyl (C=O) groups excluding carboxylic acids is 2. The number of hydrogen-bond donors (Lipinski definition) is 0. The molecule has 1 amide bonds. The van der Waals surface area contributed by atoms with Gasteiger partial charge in [-0.15, -0.1) is 0 Å². The van der Waals surface area contributed by atoms with Gasteiger partial charge in [-0.05, 0) is 26.2 Å². The van der Waals surface area contributed by atoms with Crippen LogP contribution in [0.2, 0.25) is 0 Å². The molecule has 0 aromatic rings. The van der Waals surface area contributed by atoms with Crippen molar-refractivity contribution < 1.29 is 14.3 Å². The van der Waals surface area contributed by atoms with Crippen molar-refractivity contribution in [2.75, 3.05) is 32.8 Å². The third-order valence-electron chi connectivity index (χ3n) is 4.10. The lowest BCUT2D eigenvalue weighted by molar-refractivity contribution is -0.121. The van der Waals surface area contributed by atoms with E-state index < -0.39 is 0 Å². The molecule has 0 bridgehead atoms. The van der Waals surface area contributed by atoms with Crippen molar-refractivity contribution in [1.29, 1.82) is 0 Å². The highest BCUT2D eigenvalue weighted by Gasteiger charge is 2.27. The molecule has 5 heteroatoms. The summed E-state index contributed by atoms with van der Waals surface area (Å²) in [5, 5.41) is 0. The van der Waals surface area contributed by atoms with E-state index in [1.54, 1.807) is 0 Å². The summed E-state index contributed by atoms with van der Waals surface area (Å²) in [7, 11) is 0. The van der Waals surface area contributed by atoms with Gasteiger partial charge in [0, 0.05) is 45.1 Å². The Morgan fingerprint density at radius 2 is 1.95 bits per heavy atom. The van der Waals surface area contributed by atoms with Gasteiger partial charge in [-0.3, -0.25) is 9.69 Å². The fourth-order valence-electron chi connectivity index (χ4n) is 2.98. The van der Waals surface area contributed by atoms with Gasteiger partial charge in [0.15, 0.2) is 0 Å². The third kappa shape index (κ3) is 3.93. The topological polar surface area (TPSA) is 49.9 Å². The Labute approximate surface area is 114 Å². The molecule has 1 atom stereocenters. The highest BCUT2D eigenvalue weighted by atomic mass is 16.6. The number of ketones is 1. The molecule has 5 nitrogen and oxygen atoms in total. The summed E-state index contributed by atoms with van der Waals surface area (Å²) >= 11 is 0. The fourth-order valence-corrected chi connectivity index (χ4v) is 2.98. The van der Waals surface area contributed by atoms with E-state index in [2.05, 4.69) is 4.90 Å². The molecule has 2 aliphatic heterocycles. The Balaban J connectivity index is 1.82. The van der Waals surface area contributed by atoms with Crippen LogP contribution in [0, 0.1) is 0 Å². The molecule has 2 rings (SSSR count). The third-order valence-corrected chi connectivity index (χ3v) is 4.10. The van der Waals surface area contributed by atoms with E-state index in [0.717, 1.165) is 45.4 Å². The molecule has 2 saturated heterocycles. The molecule has 0 spiro atoms. The second-order valence-corrected chi connectivity index (χ2v) is 5.35. The number of likely N-dealkylation sites (tertiary alicyclic amines) is 2. The number of ether oxygens (including phenoxy) is 1. The van der Waals surface area contributed by atoms with Crippen molar-refractivity contribution in [2.45, 2.75) is 45.1 Å². The summed E-state index contributed by atoms with van der Waals surface area (Å²) in [5.41, 5.74) is 0. The second-order valence-electron chi connectivity index (χ2n) is 5.35. The van der Waals surface area contributed by atoms with Gasteiger partial charge in [0.05, 0.1) is 6.61 Å². The van der Waals surface area contributed by atoms with Crippen LogP contribution in [0.15, 0.2) is 0 Å². The molecule has 2 heterocycles. The first kappa shape index (κ1) is 14.3. The standard InChI is InChI=1S/C14H24N2O3/c1-2-19-14(18)16-8-3-4-12(5-9-16)15-10-6-13(17)7-11-15/h12H,2-11H2,1H3. The van der Waals surface area contributed by atoms with Crippen molar-refractivity contribution in [3.05, 3.63) is 0 Å². The number of nitrogens with zero attached hydrogens (tertiary/aromatic N) is 2. The average molecular weight is 268 g/mol. The maximum absolute atomic E-state index is 11.7. The predicted octanol–water partition coefficient (Wildman–Crippen LogP) is 1.66. The van der Waals surface area contributed by atoms with Crippen LogP contribution in [0.3, 0.4) is 0 Å². The van der Waals surface area contributed by atoms with Gasteiger partial charge in [0.1, 0.15) is 5.78 Å². The molecule has 108 valence electrons. The number of amides is 1. The number of rotatable bonds is 2. The molecular formula is C14H24N2O3. The van der Waals surface area contributed by atoms with Gasteiger partial charge in [-0.2, -0.15) is 0 Å². The Morgan fingerprint density at radius 1 is 1.21 bits per heavy atom. The molecule has 0 radical (unpaired) electrons. The van der Waals surface area contributed by atoms with Crippen LogP contribution in [-0.2, 0) is 9.53 Å². The lowest BCUT2D eigenvalue weighted by Gasteiger charge is -2.33. The quantitative estimate of drug-likeness (QED) is 0.764. The molecule has 0 aromatic carbocycles. The monoisotopic (exact) mass is 268 g/mol. The Morgan fingerprint density at radius 3 is 2.63 bits per heavy atom. The van der Waals surface area contributed by atoms with E-state index in [9.17, 15) is 9.59 Å². The van der Waals surface area contributed by atoms with Crippen molar-refractivity contribution in [1.82, 2.24) is 9.80 Å². The maximum Gasteiger partial charge on any atom is 0.409 e. The summed E-state index contributed by atoms with van der Waals surface area (Å²) in [6, 6.07) is 0.521. The molecule has 1 unspecified atom stereocenters. The molecule has 0 aromatic heterocycles. The first-order valence-electron chi connectivity index (χ1n) is 7.38. The van der Waals surface area contributed by atoms with Gasteiger partial charge >= 0.3 is 6.09 Å². The zero-order valence-electron chi connectivity index (χ0n) is 11.8. The highest BCUT2D eigenvalue weighted by Crippen LogP contribution is 2.20. The van der Waals surface area contributed by atoms with Crippen LogP contribution in [0.25, 0.3) is 0 Å². The molecule has 2 aliphatic rings. The zero-order chi connectivity index (χ0) is 13.7. The Bertz CT molecular complexity index is 323. The van der Waals surface area contributed by atoms with Crippen LogP contribution >= 0.6 is 0 Å². The summed E-state index contributed by atoms with van der Waals surface area (Å²) in [6.07, 6.45) is 4.33. The van der Waals surface area contributed by atoms with Crippen molar-refractivity contribution in [3.8, 4) is 0 Å². The largest absolute Gasteiger partial charge is 0.450 e. The fraction of sp³-hybridized carbons (Fsp3) is 0.857. The van der Waals surface area contributed by atoms with Gasteiger partial charge in [0.2, 0.25) is 0 Å². The molecule has 19 heavy (non-hydrogen) atoms. The van der Waals surface area contributed by atoms with Crippen molar-refractivity contribution >= 4 is 11.9 Å². The van der Waals surface area contributed by atoms with Crippen LogP contribution in [0.1, 0.15) is 39.0 Å².